The second-order valence-corrected chi connectivity index (χ2v) is 3.52. The van der Waals surface area contributed by atoms with E-state index in [1.165, 1.54) is 16.8 Å². The molecule has 6 nitrogen and oxygen atoms in total. The van der Waals surface area contributed by atoms with E-state index in [2.05, 4.69) is 15.4 Å². The van der Waals surface area contributed by atoms with Crippen LogP contribution in [-0.2, 0) is 6.18 Å². The van der Waals surface area contributed by atoms with E-state index >= 15 is 0 Å². The minimum Gasteiger partial charge on any atom is -0.409 e. The third-order valence-corrected chi connectivity index (χ3v) is 2.31. The maximum Gasteiger partial charge on any atom is 0.435 e. The Labute approximate surface area is 105 Å². The van der Waals surface area contributed by atoms with Gasteiger partial charge in [-0.3, -0.25) is 4.57 Å². The van der Waals surface area contributed by atoms with E-state index in [-0.39, 0.29) is 17.3 Å². The molecule has 0 aromatic carbocycles. The zero-order chi connectivity index (χ0) is 14.0. The molecule has 2 aromatic heterocycles. The Bertz CT molecular complexity index is 602. The molecular weight excluding hydrogens is 263 g/mol. The topological polar surface area (TPSA) is 89.3 Å². The normalized spacial score (nSPS) is 12.7. The van der Waals surface area contributed by atoms with E-state index in [9.17, 15) is 13.2 Å². The average molecular weight is 271 g/mol. The molecule has 100 valence electrons. The molecule has 0 radical (unpaired) electrons. The van der Waals surface area contributed by atoms with Gasteiger partial charge in [0.15, 0.2) is 17.3 Å². The van der Waals surface area contributed by atoms with Gasteiger partial charge in [-0.15, -0.1) is 10.2 Å². The van der Waals surface area contributed by atoms with E-state index in [0.29, 0.717) is 0 Å². The van der Waals surface area contributed by atoms with Crippen LogP contribution in [0.1, 0.15) is 11.4 Å². The van der Waals surface area contributed by atoms with Gasteiger partial charge in [-0.2, -0.15) is 13.2 Å². The molecule has 0 bridgehead atoms. The monoisotopic (exact) mass is 271 g/mol. The number of alkyl halides is 3. The SMILES string of the molecule is N/C(=N/O)c1cccn1-c1ccc(C(F)(F)F)nn1. The molecule has 0 aliphatic heterocycles. The number of hydrogen-bond donors (Lipinski definition) is 2. The molecule has 2 heterocycles. The third kappa shape index (κ3) is 2.49. The van der Waals surface area contributed by atoms with Crippen molar-refractivity contribution >= 4 is 5.84 Å². The summed E-state index contributed by atoms with van der Waals surface area (Å²) in [7, 11) is 0. The molecule has 0 aliphatic rings. The van der Waals surface area contributed by atoms with Crippen LogP contribution in [0.25, 0.3) is 5.82 Å². The fraction of sp³-hybridized carbons (Fsp3) is 0.100. The van der Waals surface area contributed by atoms with Crippen molar-refractivity contribution < 1.29 is 18.4 Å². The van der Waals surface area contributed by atoms with Crippen molar-refractivity contribution in [3.05, 3.63) is 41.9 Å². The molecule has 19 heavy (non-hydrogen) atoms. The summed E-state index contributed by atoms with van der Waals surface area (Å²) in [5.74, 6) is -0.0636. The van der Waals surface area contributed by atoms with Gasteiger partial charge in [0.2, 0.25) is 0 Å². The molecule has 0 aliphatic carbocycles. The fourth-order valence-corrected chi connectivity index (χ4v) is 1.45. The van der Waals surface area contributed by atoms with Gasteiger partial charge in [0, 0.05) is 6.20 Å². The van der Waals surface area contributed by atoms with Gasteiger partial charge in [-0.25, -0.2) is 0 Å². The first kappa shape index (κ1) is 12.9. The van der Waals surface area contributed by atoms with E-state index in [4.69, 9.17) is 10.9 Å². The number of nitrogens with two attached hydrogens (primary N) is 1. The molecule has 0 spiro atoms. The maximum atomic E-state index is 12.3. The third-order valence-electron chi connectivity index (χ3n) is 2.31. The summed E-state index contributed by atoms with van der Waals surface area (Å²) in [6, 6.07) is 5.05. The summed E-state index contributed by atoms with van der Waals surface area (Å²) in [6.45, 7) is 0. The average Bonchev–Trinajstić information content (AvgIpc) is 2.86. The lowest BCUT2D eigenvalue weighted by Crippen LogP contribution is -2.18. The van der Waals surface area contributed by atoms with Crippen LogP contribution in [0.4, 0.5) is 13.2 Å². The number of hydrogen-bond acceptors (Lipinski definition) is 4. The van der Waals surface area contributed by atoms with Crippen LogP contribution in [-0.4, -0.2) is 25.8 Å². The summed E-state index contributed by atoms with van der Waals surface area (Å²) in [5, 5.41) is 18.0. The molecule has 2 aromatic rings. The summed E-state index contributed by atoms with van der Waals surface area (Å²) < 4.78 is 38.4. The van der Waals surface area contributed by atoms with Crippen LogP contribution in [0.2, 0.25) is 0 Å². The quantitative estimate of drug-likeness (QED) is 0.374. The largest absolute Gasteiger partial charge is 0.435 e. The lowest BCUT2D eigenvalue weighted by molar-refractivity contribution is -0.141. The Kier molecular flexibility index (Phi) is 3.11. The van der Waals surface area contributed by atoms with Gasteiger partial charge >= 0.3 is 6.18 Å². The molecule has 0 saturated heterocycles. The minimum atomic E-state index is -4.55. The van der Waals surface area contributed by atoms with E-state index in [1.807, 2.05) is 0 Å². The van der Waals surface area contributed by atoms with Crippen molar-refractivity contribution in [3.63, 3.8) is 0 Å². The van der Waals surface area contributed by atoms with Crippen LogP contribution >= 0.6 is 0 Å². The zero-order valence-electron chi connectivity index (χ0n) is 9.33. The number of oxime groups is 1. The highest BCUT2D eigenvalue weighted by atomic mass is 19.4. The number of amidine groups is 1. The van der Waals surface area contributed by atoms with E-state index in [0.717, 1.165) is 12.1 Å². The Hall–Kier alpha value is -2.58. The number of nitrogens with zero attached hydrogens (tertiary/aromatic N) is 4. The first-order valence-corrected chi connectivity index (χ1v) is 5.00. The summed E-state index contributed by atoms with van der Waals surface area (Å²) in [4.78, 5) is 0. The van der Waals surface area contributed by atoms with Gasteiger partial charge in [-0.05, 0) is 24.3 Å². The first-order chi connectivity index (χ1) is 8.93. The van der Waals surface area contributed by atoms with Gasteiger partial charge in [0.05, 0.1) is 5.69 Å². The summed E-state index contributed by atoms with van der Waals surface area (Å²) in [5.41, 5.74) is 4.63. The first-order valence-electron chi connectivity index (χ1n) is 5.00. The molecular formula is C10H8F3N5O. The standard InChI is InChI=1S/C10H8F3N5O/c11-10(12,13)7-3-4-8(16-15-7)18-5-1-2-6(18)9(14)17-19/h1-5,19H,(H2,14,17). The Morgan fingerprint density at radius 1 is 1.26 bits per heavy atom. The molecule has 0 saturated carbocycles. The van der Waals surface area contributed by atoms with Gasteiger partial charge in [0.1, 0.15) is 0 Å². The molecule has 2 rings (SSSR count). The zero-order valence-corrected chi connectivity index (χ0v) is 9.33. The van der Waals surface area contributed by atoms with Crippen LogP contribution < -0.4 is 5.73 Å². The molecule has 0 atom stereocenters. The lowest BCUT2D eigenvalue weighted by atomic mass is 10.3. The molecule has 0 unspecified atom stereocenters. The predicted molar refractivity (Wildman–Crippen MR) is 58.9 cm³/mol. The number of aromatic nitrogens is 3. The Morgan fingerprint density at radius 2 is 2.00 bits per heavy atom. The highest BCUT2D eigenvalue weighted by Gasteiger charge is 2.33. The van der Waals surface area contributed by atoms with Gasteiger partial charge in [-0.1, -0.05) is 5.16 Å². The van der Waals surface area contributed by atoms with Crippen LogP contribution in [0.3, 0.4) is 0 Å². The van der Waals surface area contributed by atoms with Crippen molar-refractivity contribution in [2.24, 2.45) is 10.9 Å². The van der Waals surface area contributed by atoms with Gasteiger partial charge in [0.25, 0.3) is 0 Å². The summed E-state index contributed by atoms with van der Waals surface area (Å²) >= 11 is 0. The molecule has 3 N–H and O–H groups in total. The van der Waals surface area contributed by atoms with Crippen molar-refractivity contribution in [2.45, 2.75) is 6.18 Å². The summed E-state index contributed by atoms with van der Waals surface area (Å²) in [6.07, 6.45) is -3.04. The maximum absolute atomic E-state index is 12.3. The molecule has 0 fully saturated rings. The van der Waals surface area contributed by atoms with Crippen LogP contribution in [0.5, 0.6) is 0 Å². The van der Waals surface area contributed by atoms with Gasteiger partial charge < -0.3 is 10.9 Å². The highest BCUT2D eigenvalue weighted by molar-refractivity contribution is 5.96. The van der Waals surface area contributed by atoms with E-state index < -0.39 is 11.9 Å². The van der Waals surface area contributed by atoms with Crippen LogP contribution in [0.15, 0.2) is 35.6 Å². The predicted octanol–water partition coefficient (Wildman–Crippen LogP) is 1.38. The Balaban J connectivity index is 2.41. The van der Waals surface area contributed by atoms with Crippen molar-refractivity contribution in [3.8, 4) is 5.82 Å². The van der Waals surface area contributed by atoms with Crippen molar-refractivity contribution in [2.75, 3.05) is 0 Å². The fourth-order valence-electron chi connectivity index (χ4n) is 1.45. The molecule has 9 heteroatoms. The highest BCUT2D eigenvalue weighted by Crippen LogP contribution is 2.27. The Morgan fingerprint density at radius 3 is 2.53 bits per heavy atom. The minimum absolute atomic E-state index is 0.125. The van der Waals surface area contributed by atoms with Crippen molar-refractivity contribution in [1.29, 1.82) is 0 Å². The molecule has 0 amide bonds. The second kappa shape index (κ2) is 4.59. The van der Waals surface area contributed by atoms with E-state index in [1.54, 1.807) is 6.07 Å². The number of rotatable bonds is 2. The smallest absolute Gasteiger partial charge is 0.409 e. The second-order valence-electron chi connectivity index (χ2n) is 3.52. The number of halogens is 3. The lowest BCUT2D eigenvalue weighted by Gasteiger charge is -2.08. The van der Waals surface area contributed by atoms with Crippen molar-refractivity contribution in [1.82, 2.24) is 14.8 Å². The van der Waals surface area contributed by atoms with Crippen LogP contribution in [0, 0.1) is 0 Å².